The third-order valence-electron chi connectivity index (χ3n) is 1.54. The molecule has 5 N–H and O–H groups in total. The summed E-state index contributed by atoms with van der Waals surface area (Å²) in [5.74, 6) is 0. The van der Waals surface area contributed by atoms with E-state index in [0.29, 0.717) is 13.2 Å². The number of benzene rings is 1. The summed E-state index contributed by atoms with van der Waals surface area (Å²) in [6, 6.07) is 9.59. The van der Waals surface area contributed by atoms with Crippen LogP contribution in [0.25, 0.3) is 0 Å². The summed E-state index contributed by atoms with van der Waals surface area (Å²) in [7, 11) is 0. The molecule has 0 saturated carbocycles. The van der Waals surface area contributed by atoms with Crippen LogP contribution in [0.2, 0.25) is 0 Å². The summed E-state index contributed by atoms with van der Waals surface area (Å²) in [6.45, 7) is 5.93. The van der Waals surface area contributed by atoms with Gasteiger partial charge in [-0.2, -0.15) is 0 Å². The van der Waals surface area contributed by atoms with Crippen LogP contribution in [0.3, 0.4) is 0 Å². The van der Waals surface area contributed by atoms with Crippen molar-refractivity contribution >= 4 is 0 Å². The topological polar surface area (TPSA) is 111 Å². The Morgan fingerprint density at radius 3 is 1.47 bits per heavy atom. The predicted octanol–water partition coefficient (Wildman–Crippen LogP) is 1.90. The van der Waals surface area contributed by atoms with Crippen molar-refractivity contribution in [3.05, 3.63) is 35.9 Å². The van der Waals surface area contributed by atoms with Crippen LogP contribution in [0.4, 0.5) is 0 Å². The predicted molar refractivity (Wildman–Crippen MR) is 69.2 cm³/mol. The molecule has 1 aromatic rings. The van der Waals surface area contributed by atoms with E-state index in [1.807, 2.05) is 30.3 Å². The van der Waals surface area contributed by atoms with Gasteiger partial charge in [-0.25, -0.2) is 9.78 Å². The Morgan fingerprint density at radius 2 is 1.32 bits per heavy atom. The fourth-order valence-corrected chi connectivity index (χ4v) is 0.732. The standard InChI is InChI=1S/C8H10O.2C2H6O2.H2O.Ti/c1-7(9)8-5-3-2-4-6-8;2*1-2-4-3;;/h2-7,9H,1H3;2*3H,2H2,1H3;1H2;. The Morgan fingerprint density at radius 1 is 1.00 bits per heavy atom. The van der Waals surface area contributed by atoms with Gasteiger partial charge in [-0.05, 0) is 26.3 Å². The van der Waals surface area contributed by atoms with E-state index in [1.165, 1.54) is 0 Å². The first-order valence-electron chi connectivity index (χ1n) is 5.39. The van der Waals surface area contributed by atoms with E-state index in [4.69, 9.17) is 15.6 Å². The average Bonchev–Trinajstić information content (AvgIpc) is 2.40. The Hall–Kier alpha value is -0.306. The van der Waals surface area contributed by atoms with Crippen LogP contribution in [-0.4, -0.2) is 34.3 Å². The molecule has 7 heteroatoms. The molecule has 0 fully saturated rings. The maximum atomic E-state index is 9.02. The monoisotopic (exact) mass is 312 g/mol. The maximum absolute atomic E-state index is 9.02. The normalized spacial score (nSPS) is 9.37. The van der Waals surface area contributed by atoms with Crippen molar-refractivity contribution < 1.29 is 52.6 Å². The molecule has 19 heavy (non-hydrogen) atoms. The van der Waals surface area contributed by atoms with Gasteiger partial charge in [0.25, 0.3) is 0 Å². The summed E-state index contributed by atoms with van der Waals surface area (Å²) in [5, 5.41) is 23.8. The third kappa shape index (κ3) is 23.2. The van der Waals surface area contributed by atoms with Crippen molar-refractivity contribution in [2.75, 3.05) is 13.2 Å². The molecule has 1 unspecified atom stereocenters. The molecule has 0 aliphatic heterocycles. The van der Waals surface area contributed by atoms with E-state index in [9.17, 15) is 0 Å². The minimum absolute atomic E-state index is 0. The molecule has 0 saturated heterocycles. The zero-order valence-corrected chi connectivity index (χ0v) is 13.1. The molecule has 112 valence electrons. The summed E-state index contributed by atoms with van der Waals surface area (Å²) in [6.07, 6.45) is -0.341. The van der Waals surface area contributed by atoms with Gasteiger partial charge in [0.1, 0.15) is 0 Å². The van der Waals surface area contributed by atoms with Crippen LogP contribution < -0.4 is 0 Å². The summed E-state index contributed by atoms with van der Waals surface area (Å²) >= 11 is 0. The summed E-state index contributed by atoms with van der Waals surface area (Å²) in [5.41, 5.74) is 0.970. The molecule has 0 heterocycles. The smallest absolute Gasteiger partial charge is 0.0791 e. The van der Waals surface area contributed by atoms with E-state index in [1.54, 1.807) is 20.8 Å². The van der Waals surface area contributed by atoms with Gasteiger partial charge in [-0.1, -0.05) is 30.3 Å². The van der Waals surface area contributed by atoms with Crippen molar-refractivity contribution in [3.8, 4) is 0 Å². The van der Waals surface area contributed by atoms with E-state index in [0.717, 1.165) is 5.56 Å². The van der Waals surface area contributed by atoms with E-state index < -0.39 is 0 Å². The number of aliphatic hydroxyl groups is 1. The summed E-state index contributed by atoms with van der Waals surface area (Å²) in [4.78, 5) is 7.08. The van der Waals surface area contributed by atoms with Gasteiger partial charge in [-0.3, -0.25) is 10.5 Å². The molecule has 0 radical (unpaired) electrons. The Bertz CT molecular complexity index is 225. The minimum atomic E-state index is -0.341. The van der Waals surface area contributed by atoms with Gasteiger partial charge in [0.2, 0.25) is 0 Å². The van der Waals surface area contributed by atoms with E-state index >= 15 is 0 Å². The van der Waals surface area contributed by atoms with Crippen LogP contribution in [0.1, 0.15) is 32.4 Å². The largest absolute Gasteiger partial charge is 0.412 e. The summed E-state index contributed by atoms with van der Waals surface area (Å²) < 4.78 is 0. The molecule has 0 aliphatic rings. The van der Waals surface area contributed by atoms with Crippen LogP contribution in [-0.2, 0) is 31.5 Å². The Labute approximate surface area is 129 Å². The van der Waals surface area contributed by atoms with Gasteiger partial charge in [-0.15, -0.1) is 0 Å². The number of rotatable bonds is 3. The second-order valence-electron chi connectivity index (χ2n) is 2.92. The fourth-order valence-electron chi connectivity index (χ4n) is 0.732. The zero-order chi connectivity index (χ0) is 13.5. The molecule has 1 atom stereocenters. The van der Waals surface area contributed by atoms with Crippen LogP contribution in [0, 0.1) is 0 Å². The molecular weight excluding hydrogens is 288 g/mol. The molecular formula is C12H24O6Ti. The second kappa shape index (κ2) is 22.8. The van der Waals surface area contributed by atoms with Gasteiger partial charge >= 0.3 is 0 Å². The van der Waals surface area contributed by atoms with Crippen molar-refractivity contribution in [1.82, 2.24) is 0 Å². The number of hydrogen-bond acceptors (Lipinski definition) is 5. The number of hydrogen-bond donors (Lipinski definition) is 3. The molecule has 0 aromatic heterocycles. The fraction of sp³-hybridized carbons (Fsp3) is 0.500. The molecule has 6 nitrogen and oxygen atoms in total. The zero-order valence-electron chi connectivity index (χ0n) is 11.5. The molecule has 0 amide bonds. The minimum Gasteiger partial charge on any atom is -0.412 e. The van der Waals surface area contributed by atoms with Gasteiger partial charge < -0.3 is 10.6 Å². The van der Waals surface area contributed by atoms with Gasteiger partial charge in [0.15, 0.2) is 0 Å². The maximum Gasteiger partial charge on any atom is 0.0791 e. The van der Waals surface area contributed by atoms with E-state index in [2.05, 4.69) is 9.78 Å². The quantitative estimate of drug-likeness (QED) is 0.448. The first-order chi connectivity index (χ1) is 8.13. The molecule has 0 spiro atoms. The molecule has 1 aromatic carbocycles. The molecule has 1 rings (SSSR count). The van der Waals surface area contributed by atoms with Crippen molar-refractivity contribution in [3.63, 3.8) is 0 Å². The van der Waals surface area contributed by atoms with Crippen LogP contribution in [0.15, 0.2) is 30.3 Å². The number of aliphatic hydroxyl groups excluding tert-OH is 1. The Kier molecular flexibility index (Phi) is 32.6. The van der Waals surface area contributed by atoms with Crippen molar-refractivity contribution in [2.45, 2.75) is 26.9 Å². The van der Waals surface area contributed by atoms with Gasteiger partial charge in [0.05, 0.1) is 19.3 Å². The van der Waals surface area contributed by atoms with Gasteiger partial charge in [0, 0.05) is 21.7 Å². The van der Waals surface area contributed by atoms with Crippen molar-refractivity contribution in [2.24, 2.45) is 0 Å². The first-order valence-corrected chi connectivity index (χ1v) is 5.39. The molecule has 0 aliphatic carbocycles. The van der Waals surface area contributed by atoms with E-state index in [-0.39, 0.29) is 33.3 Å². The molecule has 0 bridgehead atoms. The van der Waals surface area contributed by atoms with Crippen LogP contribution >= 0.6 is 0 Å². The van der Waals surface area contributed by atoms with Crippen LogP contribution in [0.5, 0.6) is 0 Å². The first kappa shape index (κ1) is 27.1. The Balaban J connectivity index is -0.0000000975. The van der Waals surface area contributed by atoms with Crippen molar-refractivity contribution in [1.29, 1.82) is 0 Å². The SMILES string of the molecule is CC(O)c1ccccc1.CCOO.CCOO.O.[Ti]. The third-order valence-corrected chi connectivity index (χ3v) is 1.54. The second-order valence-corrected chi connectivity index (χ2v) is 2.92. The average molecular weight is 312 g/mol.